The summed E-state index contributed by atoms with van der Waals surface area (Å²) >= 11 is 0. The molecule has 0 spiro atoms. The van der Waals surface area contributed by atoms with Crippen molar-refractivity contribution < 1.29 is 41.8 Å². The average Bonchev–Trinajstić information content (AvgIpc) is 3.51. The van der Waals surface area contributed by atoms with Crippen molar-refractivity contribution in [1.82, 2.24) is 14.5 Å². The summed E-state index contributed by atoms with van der Waals surface area (Å²) in [6, 6.07) is 19.5. The van der Waals surface area contributed by atoms with Gasteiger partial charge in [0.15, 0.2) is 11.5 Å². The van der Waals surface area contributed by atoms with E-state index in [2.05, 4.69) is 19.5 Å². The maximum atomic E-state index is 12.4. The topological polar surface area (TPSA) is 114 Å². The van der Waals surface area contributed by atoms with Gasteiger partial charge < -0.3 is 38.7 Å². The van der Waals surface area contributed by atoms with Crippen molar-refractivity contribution in [3.05, 3.63) is 94.2 Å². The molecule has 48 heavy (non-hydrogen) atoms. The molecule has 0 N–H and O–H groups in total. The van der Waals surface area contributed by atoms with Gasteiger partial charge in [-0.05, 0) is 64.6 Å². The molecule has 12 nitrogen and oxygen atoms in total. The maximum Gasteiger partial charge on any atom is 0.573 e. The minimum absolute atomic E-state index is 0.160. The molecule has 1 aromatic heterocycles. The molecule has 3 heterocycles. The zero-order valence-corrected chi connectivity index (χ0v) is 26.1. The third kappa shape index (κ3) is 8.39. The lowest BCUT2D eigenvalue weighted by Crippen LogP contribution is -2.45. The molecule has 0 amide bonds. The van der Waals surface area contributed by atoms with Gasteiger partial charge in [-0.25, -0.2) is 0 Å². The van der Waals surface area contributed by atoms with Gasteiger partial charge in [-0.1, -0.05) is 18.2 Å². The number of nitro groups is 1. The van der Waals surface area contributed by atoms with E-state index in [0.717, 1.165) is 49.7 Å². The first kappa shape index (κ1) is 32.7. The van der Waals surface area contributed by atoms with Gasteiger partial charge in [-0.2, -0.15) is 0 Å². The number of methoxy groups -OCH3 is 1. The summed E-state index contributed by atoms with van der Waals surface area (Å²) in [5, 5.41) is 11.0. The van der Waals surface area contributed by atoms with Crippen LogP contribution in [0.15, 0.2) is 72.9 Å². The SMILES string of the molecule is COc1cc(CN2CCN(c3ccc(OC[C@H]4CCn5cc([N+](=O)[O-])nc5O4)cc3)CC2)ccc1OCc1ccc(OC(F)(F)F)cc1. The number of aryl methyl sites for hydroxylation is 1. The standard InChI is InChI=1S/C33H34F3N5O7/c1-44-30-18-24(4-11-29(30)46-21-23-2-7-27(8-3-23)48-33(34,35)36)19-38-14-16-39(17-15-38)25-5-9-26(10-6-25)45-22-28-12-13-40-20-31(41(42)43)37-32(40)47-28/h2-11,18,20,28H,12-17,19,21-22H2,1H3/t28-/m1/s1. The van der Waals surface area contributed by atoms with Crippen LogP contribution in [0.2, 0.25) is 0 Å². The van der Waals surface area contributed by atoms with E-state index < -0.39 is 11.3 Å². The average molecular weight is 670 g/mol. The second-order valence-corrected chi connectivity index (χ2v) is 11.4. The lowest BCUT2D eigenvalue weighted by molar-refractivity contribution is -0.389. The number of hydrogen-bond donors (Lipinski definition) is 0. The monoisotopic (exact) mass is 669 g/mol. The molecule has 0 aliphatic carbocycles. The number of aromatic nitrogens is 2. The number of anilines is 1. The Balaban J connectivity index is 0.941. The molecule has 0 saturated carbocycles. The molecule has 0 radical (unpaired) electrons. The molecule has 2 aliphatic rings. The van der Waals surface area contributed by atoms with E-state index in [-0.39, 0.29) is 30.3 Å². The fourth-order valence-electron chi connectivity index (χ4n) is 5.58. The lowest BCUT2D eigenvalue weighted by Gasteiger charge is -2.36. The highest BCUT2D eigenvalue weighted by Crippen LogP contribution is 2.31. The van der Waals surface area contributed by atoms with Crippen LogP contribution >= 0.6 is 0 Å². The first-order valence-corrected chi connectivity index (χ1v) is 15.3. The number of imidazole rings is 1. The van der Waals surface area contributed by atoms with Gasteiger partial charge in [-0.15, -0.1) is 13.2 Å². The van der Waals surface area contributed by atoms with E-state index in [1.165, 1.54) is 30.5 Å². The molecule has 6 rings (SSSR count). The summed E-state index contributed by atoms with van der Waals surface area (Å²) in [4.78, 5) is 19.1. The number of hydrogen-bond acceptors (Lipinski definition) is 10. The predicted octanol–water partition coefficient (Wildman–Crippen LogP) is 5.83. The van der Waals surface area contributed by atoms with E-state index >= 15 is 0 Å². The van der Waals surface area contributed by atoms with Crippen LogP contribution in [-0.2, 0) is 19.7 Å². The number of fused-ring (bicyclic) bond motifs is 1. The van der Waals surface area contributed by atoms with E-state index in [4.69, 9.17) is 18.9 Å². The van der Waals surface area contributed by atoms with Gasteiger partial charge in [0.25, 0.3) is 0 Å². The minimum atomic E-state index is -4.73. The summed E-state index contributed by atoms with van der Waals surface area (Å²) in [6.07, 6.45) is -2.93. The number of ether oxygens (including phenoxy) is 5. The highest BCUT2D eigenvalue weighted by atomic mass is 19.4. The van der Waals surface area contributed by atoms with Crippen molar-refractivity contribution in [1.29, 1.82) is 0 Å². The number of piperazine rings is 1. The Morgan fingerprint density at radius 3 is 2.31 bits per heavy atom. The molecule has 0 unspecified atom stereocenters. The predicted molar refractivity (Wildman–Crippen MR) is 168 cm³/mol. The molecular weight excluding hydrogens is 635 g/mol. The zero-order valence-electron chi connectivity index (χ0n) is 26.1. The van der Waals surface area contributed by atoms with Crippen LogP contribution < -0.4 is 28.6 Å². The Kier molecular flexibility index (Phi) is 9.75. The second kappa shape index (κ2) is 14.3. The molecule has 2 aliphatic heterocycles. The van der Waals surface area contributed by atoms with E-state index in [9.17, 15) is 23.3 Å². The van der Waals surface area contributed by atoms with Gasteiger partial charge in [0.2, 0.25) is 0 Å². The van der Waals surface area contributed by atoms with Crippen LogP contribution in [0.4, 0.5) is 24.7 Å². The van der Waals surface area contributed by atoms with Gasteiger partial charge in [0.1, 0.15) is 37.0 Å². The quantitative estimate of drug-likeness (QED) is 0.135. The summed E-state index contributed by atoms with van der Waals surface area (Å²) in [5.74, 6) is 1.33. The second-order valence-electron chi connectivity index (χ2n) is 11.4. The number of alkyl halides is 3. The molecule has 3 aromatic carbocycles. The number of nitrogens with zero attached hydrogens (tertiary/aromatic N) is 5. The summed E-state index contributed by atoms with van der Waals surface area (Å²) in [6.45, 7) is 5.27. The molecule has 4 aromatic rings. The van der Waals surface area contributed by atoms with Crippen LogP contribution in [0.1, 0.15) is 17.5 Å². The van der Waals surface area contributed by atoms with Gasteiger partial charge in [0, 0.05) is 56.4 Å². The van der Waals surface area contributed by atoms with E-state index in [1.807, 2.05) is 42.5 Å². The molecule has 0 bridgehead atoms. The Bertz CT molecular complexity index is 1690. The van der Waals surface area contributed by atoms with Crippen LogP contribution in [-0.4, -0.2) is 71.7 Å². The number of benzene rings is 3. The van der Waals surface area contributed by atoms with Crippen molar-refractivity contribution >= 4 is 11.5 Å². The first-order chi connectivity index (χ1) is 23.1. The number of halogens is 3. The van der Waals surface area contributed by atoms with Crippen LogP contribution in [0, 0.1) is 10.1 Å². The van der Waals surface area contributed by atoms with Crippen LogP contribution in [0.3, 0.4) is 0 Å². The number of rotatable bonds is 12. The van der Waals surface area contributed by atoms with Crippen molar-refractivity contribution in [3.8, 4) is 29.0 Å². The molecule has 1 atom stereocenters. The Morgan fingerprint density at radius 1 is 0.917 bits per heavy atom. The Labute approximate surface area is 274 Å². The smallest absolute Gasteiger partial charge is 0.493 e. The normalized spacial score (nSPS) is 16.5. The third-order valence-electron chi connectivity index (χ3n) is 8.07. The summed E-state index contributed by atoms with van der Waals surface area (Å²) in [7, 11) is 1.57. The third-order valence-corrected chi connectivity index (χ3v) is 8.07. The Morgan fingerprint density at radius 2 is 1.62 bits per heavy atom. The maximum absolute atomic E-state index is 12.4. The summed E-state index contributed by atoms with van der Waals surface area (Å²) < 4.78 is 65.9. The summed E-state index contributed by atoms with van der Waals surface area (Å²) in [5.41, 5.74) is 2.87. The van der Waals surface area contributed by atoms with Crippen molar-refractivity contribution in [2.24, 2.45) is 0 Å². The highest BCUT2D eigenvalue weighted by molar-refractivity contribution is 5.49. The fourth-order valence-corrected chi connectivity index (χ4v) is 5.58. The van der Waals surface area contributed by atoms with Gasteiger partial charge >= 0.3 is 18.2 Å². The first-order valence-electron chi connectivity index (χ1n) is 15.3. The van der Waals surface area contributed by atoms with Crippen LogP contribution in [0.25, 0.3) is 0 Å². The molecule has 254 valence electrons. The highest BCUT2D eigenvalue weighted by Gasteiger charge is 2.31. The van der Waals surface area contributed by atoms with Gasteiger partial charge in [-0.3, -0.25) is 9.47 Å². The Hall–Kier alpha value is -5.18. The fraction of sp³-hybridized carbons (Fsp3) is 0.364. The van der Waals surface area contributed by atoms with Crippen LogP contribution in [0.5, 0.6) is 29.0 Å². The molecule has 1 fully saturated rings. The minimum Gasteiger partial charge on any atom is -0.493 e. The molecular formula is C33H34F3N5O7. The lowest BCUT2D eigenvalue weighted by atomic mass is 10.1. The molecule has 15 heteroatoms. The van der Waals surface area contributed by atoms with E-state index in [1.54, 1.807) is 11.7 Å². The van der Waals surface area contributed by atoms with E-state index in [0.29, 0.717) is 36.6 Å². The van der Waals surface area contributed by atoms with Crippen molar-refractivity contribution in [2.45, 2.75) is 38.6 Å². The van der Waals surface area contributed by atoms with Gasteiger partial charge in [0.05, 0.1) is 7.11 Å². The van der Waals surface area contributed by atoms with Crippen molar-refractivity contribution in [2.75, 3.05) is 44.8 Å². The zero-order chi connectivity index (χ0) is 33.7. The van der Waals surface area contributed by atoms with Crippen molar-refractivity contribution in [3.63, 3.8) is 0 Å². The largest absolute Gasteiger partial charge is 0.573 e. The molecule has 1 saturated heterocycles.